The third-order valence-electron chi connectivity index (χ3n) is 3.00. The molecule has 0 fully saturated rings. The largest absolute Gasteiger partial charge is 0.410 e. The average Bonchev–Trinajstić information content (AvgIpc) is 2.60. The topological polar surface area (TPSA) is 0 Å². The third-order valence-corrected chi connectivity index (χ3v) is 3.00. The van der Waals surface area contributed by atoms with Crippen molar-refractivity contribution < 1.29 is 26.3 Å². The van der Waals surface area contributed by atoms with Crippen LogP contribution in [-0.4, -0.2) is 12.4 Å². The van der Waals surface area contributed by atoms with Crippen LogP contribution in [0.25, 0.3) is 0 Å². The highest BCUT2D eigenvalue weighted by Gasteiger charge is 2.70. The van der Waals surface area contributed by atoms with Gasteiger partial charge in [-0.05, 0) is 12.5 Å². The second-order valence-corrected chi connectivity index (χ2v) is 4.44. The van der Waals surface area contributed by atoms with Gasteiger partial charge in [-0.1, -0.05) is 94.5 Å². The van der Waals surface area contributed by atoms with E-state index in [1.54, 1.807) is 13.0 Å². The van der Waals surface area contributed by atoms with Gasteiger partial charge in [-0.3, -0.25) is 0 Å². The molecule has 26 heavy (non-hydrogen) atoms. The molecule has 6 heteroatoms. The molecular weight excluding hydrogens is 354 g/mol. The van der Waals surface area contributed by atoms with Gasteiger partial charge in [-0.15, -0.1) is 0 Å². The zero-order valence-corrected chi connectivity index (χ0v) is 15.6. The van der Waals surface area contributed by atoms with Crippen LogP contribution in [0.2, 0.25) is 0 Å². The van der Waals surface area contributed by atoms with Crippen LogP contribution < -0.4 is 0 Å². The molecule has 148 valence electrons. The summed E-state index contributed by atoms with van der Waals surface area (Å²) in [5.74, 6) is 0. The van der Waals surface area contributed by atoms with E-state index in [2.05, 4.69) is 0 Å². The van der Waals surface area contributed by atoms with Crippen molar-refractivity contribution in [2.45, 2.75) is 52.4 Å². The summed E-state index contributed by atoms with van der Waals surface area (Å²) in [6.07, 6.45) is -4.57. The molecule has 0 aliphatic carbocycles. The van der Waals surface area contributed by atoms with E-state index in [9.17, 15) is 26.3 Å². The molecule has 0 bridgehead atoms. The van der Waals surface area contributed by atoms with Crippen LogP contribution in [0.4, 0.5) is 26.3 Å². The van der Waals surface area contributed by atoms with Crippen LogP contribution in [0.5, 0.6) is 0 Å². The van der Waals surface area contributed by atoms with Crippen molar-refractivity contribution in [1.29, 1.82) is 0 Å². The van der Waals surface area contributed by atoms with Gasteiger partial charge in [0.1, 0.15) is 0 Å². The Balaban J connectivity index is 0. The molecule has 0 radical (unpaired) electrons. The maximum absolute atomic E-state index is 13.3. The quantitative estimate of drug-likeness (QED) is 0.369. The number of alkyl halides is 6. The van der Waals surface area contributed by atoms with Gasteiger partial charge in [0.05, 0.1) is 0 Å². The van der Waals surface area contributed by atoms with E-state index in [4.69, 9.17) is 0 Å². The number of hydrogen-bond acceptors (Lipinski definition) is 0. The van der Waals surface area contributed by atoms with Gasteiger partial charge < -0.3 is 0 Å². The second-order valence-electron chi connectivity index (χ2n) is 4.44. The Hall–Kier alpha value is -1.98. The van der Waals surface area contributed by atoms with Crippen molar-refractivity contribution in [3.8, 4) is 0 Å². The van der Waals surface area contributed by atoms with Crippen LogP contribution in [0.15, 0.2) is 66.8 Å². The molecule has 0 saturated heterocycles. The lowest BCUT2D eigenvalue weighted by molar-refractivity contribution is -0.286. The SMILES string of the molecule is CC.CC.C\C=C/C=C\C=C\C(c1ccccc1)(C(F)(F)F)C(F)(F)F. The smallest absolute Gasteiger partial charge is 0.169 e. The first kappa shape index (κ1) is 26.3. The summed E-state index contributed by atoms with van der Waals surface area (Å²) in [7, 11) is 0. The van der Waals surface area contributed by atoms with Crippen LogP contribution in [-0.2, 0) is 5.41 Å². The third kappa shape index (κ3) is 6.73. The number of benzene rings is 1. The minimum atomic E-state index is -5.52. The summed E-state index contributed by atoms with van der Waals surface area (Å²) in [5, 5.41) is 0. The second kappa shape index (κ2) is 12.4. The van der Waals surface area contributed by atoms with E-state index in [-0.39, 0.29) is 6.08 Å². The molecule has 0 spiro atoms. The minimum Gasteiger partial charge on any atom is -0.169 e. The first-order chi connectivity index (χ1) is 12.2. The van der Waals surface area contributed by atoms with E-state index in [1.165, 1.54) is 18.2 Å². The van der Waals surface area contributed by atoms with Gasteiger partial charge in [-0.25, -0.2) is 0 Å². The molecule has 0 heterocycles. The zero-order chi connectivity index (χ0) is 20.9. The van der Waals surface area contributed by atoms with Gasteiger partial charge >= 0.3 is 12.4 Å². The fourth-order valence-electron chi connectivity index (χ4n) is 1.91. The van der Waals surface area contributed by atoms with Crippen molar-refractivity contribution in [2.24, 2.45) is 0 Å². The molecule has 0 N–H and O–H groups in total. The maximum atomic E-state index is 13.3. The Labute approximate surface area is 151 Å². The lowest BCUT2D eigenvalue weighted by Crippen LogP contribution is -2.52. The number of hydrogen-bond donors (Lipinski definition) is 0. The van der Waals surface area contributed by atoms with Crippen LogP contribution in [0.1, 0.15) is 40.2 Å². The molecule has 0 amide bonds. The van der Waals surface area contributed by atoms with Gasteiger partial charge in [0.25, 0.3) is 0 Å². The average molecular weight is 380 g/mol. The highest BCUT2D eigenvalue weighted by Crippen LogP contribution is 2.53. The van der Waals surface area contributed by atoms with Crippen molar-refractivity contribution in [3.63, 3.8) is 0 Å². The molecule has 1 rings (SSSR count). The van der Waals surface area contributed by atoms with Crippen LogP contribution in [0, 0.1) is 0 Å². The van der Waals surface area contributed by atoms with Crippen molar-refractivity contribution in [3.05, 3.63) is 72.4 Å². The monoisotopic (exact) mass is 380 g/mol. The van der Waals surface area contributed by atoms with Crippen molar-refractivity contribution in [2.75, 3.05) is 0 Å². The first-order valence-electron chi connectivity index (χ1n) is 8.33. The number of allylic oxidation sites excluding steroid dienone is 6. The molecule has 0 aromatic heterocycles. The van der Waals surface area contributed by atoms with Gasteiger partial charge in [0.15, 0.2) is 0 Å². The Morgan fingerprint density at radius 3 is 1.46 bits per heavy atom. The summed E-state index contributed by atoms with van der Waals surface area (Å²) in [4.78, 5) is 0. The lowest BCUT2D eigenvalue weighted by Gasteiger charge is -2.35. The number of rotatable bonds is 4. The van der Waals surface area contributed by atoms with Gasteiger partial charge in [0, 0.05) is 0 Å². The minimum absolute atomic E-state index is 0.141. The normalized spacial score (nSPS) is 12.7. The summed E-state index contributed by atoms with van der Waals surface area (Å²) in [6.45, 7) is 9.67. The van der Waals surface area contributed by atoms with E-state index in [0.29, 0.717) is 0 Å². The van der Waals surface area contributed by atoms with Crippen molar-refractivity contribution >= 4 is 0 Å². The van der Waals surface area contributed by atoms with E-state index in [0.717, 1.165) is 36.4 Å². The summed E-state index contributed by atoms with van der Waals surface area (Å²) in [6, 6.07) is 5.29. The molecule has 0 atom stereocenters. The predicted molar refractivity (Wildman–Crippen MR) is 96.0 cm³/mol. The van der Waals surface area contributed by atoms with E-state index in [1.807, 2.05) is 27.7 Å². The molecule has 0 aliphatic rings. The molecule has 1 aromatic rings. The van der Waals surface area contributed by atoms with Crippen LogP contribution in [0.3, 0.4) is 0 Å². The van der Waals surface area contributed by atoms with Crippen LogP contribution >= 0.6 is 0 Å². The standard InChI is InChI=1S/C16H14F6.2C2H6/c1-2-3-4-5-9-12-14(15(17,18)19,16(20,21)22)13-10-7-6-8-11-13;2*1-2/h2-12H,1H3;2*1-2H3/b3-2-,5-4-,12-9+;;. The molecule has 0 unspecified atom stereocenters. The number of halogens is 6. The van der Waals surface area contributed by atoms with Gasteiger partial charge in [0.2, 0.25) is 5.41 Å². The Morgan fingerprint density at radius 2 is 1.08 bits per heavy atom. The summed E-state index contributed by atoms with van der Waals surface area (Å²) in [5.41, 5.74) is -4.91. The molecule has 0 nitrogen and oxygen atoms in total. The Bertz CT molecular complexity index is 534. The Morgan fingerprint density at radius 1 is 0.654 bits per heavy atom. The van der Waals surface area contributed by atoms with Gasteiger partial charge in [-0.2, -0.15) is 26.3 Å². The first-order valence-corrected chi connectivity index (χ1v) is 8.33. The molecular formula is C20H26F6. The predicted octanol–water partition coefficient (Wildman–Crippen LogP) is 7.79. The fraction of sp³-hybridized carbons (Fsp3) is 0.400. The Kier molecular flexibility index (Phi) is 12.5. The molecule has 1 aromatic carbocycles. The fourth-order valence-corrected chi connectivity index (χ4v) is 1.91. The zero-order valence-electron chi connectivity index (χ0n) is 15.6. The maximum Gasteiger partial charge on any atom is 0.410 e. The van der Waals surface area contributed by atoms with E-state index >= 15 is 0 Å². The summed E-state index contributed by atoms with van der Waals surface area (Å²) < 4.78 is 79.9. The lowest BCUT2D eigenvalue weighted by atomic mass is 9.78. The summed E-state index contributed by atoms with van der Waals surface area (Å²) >= 11 is 0. The highest BCUT2D eigenvalue weighted by atomic mass is 19.4. The van der Waals surface area contributed by atoms with E-state index < -0.39 is 23.3 Å². The highest BCUT2D eigenvalue weighted by molar-refractivity contribution is 5.37. The molecule has 0 saturated carbocycles. The van der Waals surface area contributed by atoms with Crippen molar-refractivity contribution in [1.82, 2.24) is 0 Å². The molecule has 0 aliphatic heterocycles.